The van der Waals surface area contributed by atoms with Crippen LogP contribution in [0.5, 0.6) is 5.75 Å². The Balaban J connectivity index is 1.82. The van der Waals surface area contributed by atoms with E-state index in [0.29, 0.717) is 39.5 Å². The van der Waals surface area contributed by atoms with Crippen LogP contribution in [0.4, 0.5) is 17.2 Å². The van der Waals surface area contributed by atoms with Crippen molar-refractivity contribution in [3.8, 4) is 11.8 Å². The standard InChI is InChI=1S/C19H18N6O3/c1-25-19(27)15-13(21-12-5-3-4-11(9-20)16(12)28-2)8-14(22-17(15)24-25)23-18(26)10-6-7-10/h3-5,8,10H,6-7H2,1-2H3,(H3,21,22,23,24,26). The van der Waals surface area contributed by atoms with Crippen LogP contribution in [-0.4, -0.2) is 27.8 Å². The first kappa shape index (κ1) is 17.6. The number of fused-ring (bicyclic) bond motifs is 1. The summed E-state index contributed by atoms with van der Waals surface area (Å²) in [7, 11) is 3.06. The molecule has 3 N–H and O–H groups in total. The molecule has 0 unspecified atom stereocenters. The van der Waals surface area contributed by atoms with Crippen LogP contribution in [0.15, 0.2) is 29.1 Å². The van der Waals surface area contributed by atoms with E-state index in [-0.39, 0.29) is 17.4 Å². The molecule has 1 aliphatic rings. The SMILES string of the molecule is COc1c(C#N)cccc1Nc1cc(NC(=O)C2CC2)nc2[nH]n(C)c(=O)c12. The van der Waals surface area contributed by atoms with Crippen LogP contribution in [0.25, 0.3) is 11.0 Å². The van der Waals surface area contributed by atoms with Crippen LogP contribution in [0.2, 0.25) is 0 Å². The van der Waals surface area contributed by atoms with E-state index in [1.165, 1.54) is 11.8 Å². The summed E-state index contributed by atoms with van der Waals surface area (Å²) in [5.74, 6) is 0.645. The van der Waals surface area contributed by atoms with Gasteiger partial charge in [0.15, 0.2) is 11.4 Å². The van der Waals surface area contributed by atoms with Crippen molar-refractivity contribution < 1.29 is 9.53 Å². The molecule has 2 heterocycles. The van der Waals surface area contributed by atoms with E-state index in [1.807, 2.05) is 0 Å². The van der Waals surface area contributed by atoms with Gasteiger partial charge in [-0.15, -0.1) is 0 Å². The second-order valence-corrected chi connectivity index (χ2v) is 6.64. The second-order valence-electron chi connectivity index (χ2n) is 6.64. The molecule has 9 nitrogen and oxygen atoms in total. The Labute approximate surface area is 159 Å². The van der Waals surface area contributed by atoms with Gasteiger partial charge in [0.2, 0.25) is 5.91 Å². The van der Waals surface area contributed by atoms with Crippen molar-refractivity contribution in [1.29, 1.82) is 5.26 Å². The zero-order chi connectivity index (χ0) is 19.8. The molecule has 1 amide bonds. The first-order valence-electron chi connectivity index (χ1n) is 8.76. The molecule has 28 heavy (non-hydrogen) atoms. The smallest absolute Gasteiger partial charge is 0.277 e. The van der Waals surface area contributed by atoms with Gasteiger partial charge < -0.3 is 15.4 Å². The molecule has 4 rings (SSSR count). The molecular weight excluding hydrogens is 360 g/mol. The first-order chi connectivity index (χ1) is 13.5. The molecule has 1 aromatic carbocycles. The average molecular weight is 378 g/mol. The van der Waals surface area contributed by atoms with Gasteiger partial charge in [-0.2, -0.15) is 5.26 Å². The van der Waals surface area contributed by atoms with Crippen LogP contribution < -0.4 is 20.9 Å². The Kier molecular flexibility index (Phi) is 4.24. The molecule has 1 fully saturated rings. The number of aryl methyl sites for hydroxylation is 1. The number of amides is 1. The minimum absolute atomic E-state index is 0.0242. The number of carbonyl (C=O) groups excluding carboxylic acids is 1. The number of anilines is 3. The summed E-state index contributed by atoms with van der Waals surface area (Å²) in [4.78, 5) is 29.0. The monoisotopic (exact) mass is 378 g/mol. The number of nitriles is 1. The number of aromatic amines is 1. The van der Waals surface area contributed by atoms with Crippen molar-refractivity contribution in [1.82, 2.24) is 14.8 Å². The Hall–Kier alpha value is -3.80. The van der Waals surface area contributed by atoms with E-state index in [2.05, 4.69) is 26.8 Å². The fraction of sp³-hybridized carbons (Fsp3) is 0.263. The highest BCUT2D eigenvalue weighted by molar-refractivity contribution is 5.98. The highest BCUT2D eigenvalue weighted by Gasteiger charge is 2.30. The van der Waals surface area contributed by atoms with Crippen molar-refractivity contribution in [2.75, 3.05) is 17.7 Å². The minimum atomic E-state index is -0.263. The van der Waals surface area contributed by atoms with E-state index in [9.17, 15) is 14.9 Å². The summed E-state index contributed by atoms with van der Waals surface area (Å²) >= 11 is 0. The molecule has 0 bridgehead atoms. The highest BCUT2D eigenvalue weighted by Crippen LogP contribution is 2.34. The summed E-state index contributed by atoms with van der Waals surface area (Å²) in [5.41, 5.74) is 1.42. The number of hydrogen-bond donors (Lipinski definition) is 3. The Morgan fingerprint density at radius 2 is 2.18 bits per heavy atom. The average Bonchev–Trinajstić information content (AvgIpc) is 3.48. The number of ether oxygens (including phenoxy) is 1. The first-order valence-corrected chi connectivity index (χ1v) is 8.76. The Morgan fingerprint density at radius 3 is 2.86 bits per heavy atom. The molecule has 9 heteroatoms. The third-order valence-electron chi connectivity index (χ3n) is 4.62. The predicted molar refractivity (Wildman–Crippen MR) is 104 cm³/mol. The number of aromatic nitrogens is 3. The number of H-pyrrole nitrogens is 1. The Morgan fingerprint density at radius 1 is 1.39 bits per heavy atom. The zero-order valence-corrected chi connectivity index (χ0v) is 15.4. The molecule has 0 aliphatic heterocycles. The van der Waals surface area contributed by atoms with Gasteiger partial charge in [0.25, 0.3) is 5.56 Å². The summed E-state index contributed by atoms with van der Waals surface area (Å²) in [6, 6.07) is 8.78. The molecule has 0 saturated heterocycles. The van der Waals surface area contributed by atoms with E-state index < -0.39 is 0 Å². The number of rotatable bonds is 5. The van der Waals surface area contributed by atoms with Crippen molar-refractivity contribution in [2.45, 2.75) is 12.8 Å². The Bertz CT molecular complexity index is 1180. The normalized spacial score (nSPS) is 13.2. The van der Waals surface area contributed by atoms with Gasteiger partial charge in [-0.05, 0) is 25.0 Å². The molecule has 3 aromatic rings. The number of methoxy groups -OCH3 is 1. The fourth-order valence-electron chi connectivity index (χ4n) is 3.04. The van der Waals surface area contributed by atoms with Crippen molar-refractivity contribution in [3.05, 3.63) is 40.2 Å². The quantitative estimate of drug-likeness (QED) is 0.625. The van der Waals surface area contributed by atoms with E-state index in [4.69, 9.17) is 4.74 Å². The maximum atomic E-state index is 12.5. The number of para-hydroxylation sites is 1. The lowest BCUT2D eigenvalue weighted by atomic mass is 10.1. The van der Waals surface area contributed by atoms with Crippen molar-refractivity contribution in [3.63, 3.8) is 0 Å². The van der Waals surface area contributed by atoms with Crippen LogP contribution >= 0.6 is 0 Å². The molecule has 1 saturated carbocycles. The predicted octanol–water partition coefficient (Wildman–Crippen LogP) is 2.23. The third kappa shape index (κ3) is 3.05. The van der Waals surface area contributed by atoms with Crippen LogP contribution in [0.3, 0.4) is 0 Å². The lowest BCUT2D eigenvalue weighted by Gasteiger charge is -2.13. The van der Waals surface area contributed by atoms with E-state index in [1.54, 1.807) is 31.3 Å². The molecule has 1 aliphatic carbocycles. The highest BCUT2D eigenvalue weighted by atomic mass is 16.5. The molecule has 2 aromatic heterocycles. The van der Waals surface area contributed by atoms with Crippen molar-refractivity contribution >= 4 is 34.1 Å². The largest absolute Gasteiger partial charge is 0.493 e. The van der Waals surface area contributed by atoms with Crippen LogP contribution in [0.1, 0.15) is 18.4 Å². The molecule has 142 valence electrons. The number of hydrogen-bond acceptors (Lipinski definition) is 6. The lowest BCUT2D eigenvalue weighted by Crippen LogP contribution is -2.15. The molecular formula is C19H18N6O3. The lowest BCUT2D eigenvalue weighted by molar-refractivity contribution is -0.117. The topological polar surface area (TPSA) is 125 Å². The van der Waals surface area contributed by atoms with E-state index >= 15 is 0 Å². The third-order valence-corrected chi connectivity index (χ3v) is 4.62. The summed E-state index contributed by atoms with van der Waals surface area (Å²) in [6.07, 6.45) is 1.75. The van der Waals surface area contributed by atoms with Gasteiger partial charge in [0, 0.05) is 19.0 Å². The second kappa shape index (κ2) is 6.74. The van der Waals surface area contributed by atoms with Gasteiger partial charge in [-0.3, -0.25) is 19.4 Å². The number of nitrogens with zero attached hydrogens (tertiary/aromatic N) is 3. The number of nitrogens with one attached hydrogen (secondary N) is 3. The van der Waals surface area contributed by atoms with Gasteiger partial charge in [-0.1, -0.05) is 6.07 Å². The molecule has 0 atom stereocenters. The van der Waals surface area contributed by atoms with Gasteiger partial charge in [-0.25, -0.2) is 4.98 Å². The zero-order valence-electron chi connectivity index (χ0n) is 15.4. The van der Waals surface area contributed by atoms with E-state index in [0.717, 1.165) is 12.8 Å². The van der Waals surface area contributed by atoms with Crippen LogP contribution in [0, 0.1) is 17.2 Å². The summed E-state index contributed by atoms with van der Waals surface area (Å²) < 4.78 is 6.68. The summed E-state index contributed by atoms with van der Waals surface area (Å²) in [5, 5.41) is 18.5. The maximum absolute atomic E-state index is 12.5. The molecule has 0 spiro atoms. The summed E-state index contributed by atoms with van der Waals surface area (Å²) in [6.45, 7) is 0. The number of benzene rings is 1. The van der Waals surface area contributed by atoms with Gasteiger partial charge in [0.1, 0.15) is 17.3 Å². The molecule has 0 radical (unpaired) electrons. The number of pyridine rings is 1. The minimum Gasteiger partial charge on any atom is -0.493 e. The van der Waals surface area contributed by atoms with Crippen molar-refractivity contribution in [2.24, 2.45) is 13.0 Å². The maximum Gasteiger partial charge on any atom is 0.277 e. The fourth-order valence-corrected chi connectivity index (χ4v) is 3.04. The van der Waals surface area contributed by atoms with Gasteiger partial charge >= 0.3 is 0 Å². The number of carbonyl (C=O) groups is 1. The van der Waals surface area contributed by atoms with Crippen LogP contribution in [-0.2, 0) is 11.8 Å². The van der Waals surface area contributed by atoms with Gasteiger partial charge in [0.05, 0.1) is 24.0 Å².